The molecular weight excluding hydrogens is 366 g/mol. The molecule has 8 heteroatoms. The summed E-state index contributed by atoms with van der Waals surface area (Å²) in [4.78, 5) is 12.4. The van der Waals surface area contributed by atoms with Gasteiger partial charge in [0.05, 0.1) is 12.0 Å². The van der Waals surface area contributed by atoms with Gasteiger partial charge in [-0.1, -0.05) is 6.07 Å². The molecular formula is C19H23N3O4S. The third-order valence-electron chi connectivity index (χ3n) is 4.50. The minimum absolute atomic E-state index is 0.0799. The molecule has 0 aromatic heterocycles. The molecule has 3 rings (SSSR count). The molecule has 1 saturated heterocycles. The van der Waals surface area contributed by atoms with Gasteiger partial charge in [-0.05, 0) is 48.9 Å². The molecule has 1 fully saturated rings. The Labute approximate surface area is 159 Å². The summed E-state index contributed by atoms with van der Waals surface area (Å²) in [5.41, 5.74) is 1.31. The highest BCUT2D eigenvalue weighted by Crippen LogP contribution is 2.22. The second kappa shape index (κ2) is 7.98. The van der Waals surface area contributed by atoms with E-state index in [4.69, 9.17) is 4.74 Å². The number of hydrogen-bond acceptors (Lipinski definition) is 5. The quantitative estimate of drug-likeness (QED) is 0.670. The Kier molecular flexibility index (Phi) is 5.67. The third-order valence-corrected chi connectivity index (χ3v) is 6.02. The normalized spacial score (nSPS) is 14.3. The lowest BCUT2D eigenvalue weighted by Gasteiger charge is -2.27. The first-order valence-corrected chi connectivity index (χ1v) is 10.1. The van der Waals surface area contributed by atoms with Crippen molar-refractivity contribution in [2.75, 3.05) is 31.5 Å². The van der Waals surface area contributed by atoms with E-state index in [0.717, 1.165) is 13.1 Å². The van der Waals surface area contributed by atoms with E-state index in [1.165, 1.54) is 6.07 Å². The number of aryl methyl sites for hydroxylation is 1. The summed E-state index contributed by atoms with van der Waals surface area (Å²) in [6, 6.07) is 11.3. The van der Waals surface area contributed by atoms with E-state index in [1.807, 2.05) is 0 Å². The Hall–Kier alpha value is -2.58. The monoisotopic (exact) mass is 389 g/mol. The number of hydrogen-bond donors (Lipinski definition) is 3. The van der Waals surface area contributed by atoms with Gasteiger partial charge in [-0.15, -0.1) is 0 Å². The molecule has 27 heavy (non-hydrogen) atoms. The van der Waals surface area contributed by atoms with Crippen molar-refractivity contribution in [3.8, 4) is 5.75 Å². The van der Waals surface area contributed by atoms with Crippen LogP contribution in [-0.4, -0.2) is 41.1 Å². The zero-order valence-electron chi connectivity index (χ0n) is 15.3. The van der Waals surface area contributed by atoms with Crippen molar-refractivity contribution in [1.29, 1.82) is 0 Å². The summed E-state index contributed by atoms with van der Waals surface area (Å²) in [6.45, 7) is 4.05. The molecule has 0 saturated carbocycles. The highest BCUT2D eigenvalue weighted by Gasteiger charge is 2.21. The van der Waals surface area contributed by atoms with Crippen molar-refractivity contribution in [3.05, 3.63) is 53.6 Å². The standard InChI is InChI=1S/C19H23N3O4S/c1-13-3-4-15(19(23)21-12-14-10-20-11-14)9-18(13)27(24,25)22-16-5-7-17(26-2)8-6-16/h3-9,14,20,22H,10-12H2,1-2H3,(H,21,23). The summed E-state index contributed by atoms with van der Waals surface area (Å²) < 4.78 is 33.2. The number of nitrogens with one attached hydrogen (secondary N) is 3. The van der Waals surface area contributed by atoms with Gasteiger partial charge < -0.3 is 15.4 Å². The maximum Gasteiger partial charge on any atom is 0.262 e. The van der Waals surface area contributed by atoms with E-state index in [0.29, 0.717) is 35.0 Å². The molecule has 2 aromatic carbocycles. The van der Waals surface area contributed by atoms with Crippen molar-refractivity contribution in [1.82, 2.24) is 10.6 Å². The number of ether oxygens (including phenoxy) is 1. The Morgan fingerprint density at radius 1 is 1.19 bits per heavy atom. The Morgan fingerprint density at radius 3 is 2.48 bits per heavy atom. The van der Waals surface area contributed by atoms with Gasteiger partial charge in [0.25, 0.3) is 15.9 Å². The molecule has 0 radical (unpaired) electrons. The van der Waals surface area contributed by atoms with Crippen LogP contribution < -0.4 is 20.1 Å². The Bertz CT molecular complexity index is 922. The van der Waals surface area contributed by atoms with Gasteiger partial charge in [-0.2, -0.15) is 0 Å². The second-order valence-electron chi connectivity index (χ2n) is 6.55. The van der Waals surface area contributed by atoms with Crippen molar-refractivity contribution in [2.45, 2.75) is 11.8 Å². The minimum atomic E-state index is -3.83. The minimum Gasteiger partial charge on any atom is -0.497 e. The van der Waals surface area contributed by atoms with Crippen molar-refractivity contribution < 1.29 is 17.9 Å². The number of benzene rings is 2. The summed E-state index contributed by atoms with van der Waals surface area (Å²) in [5.74, 6) is 0.789. The Balaban J connectivity index is 1.77. The van der Waals surface area contributed by atoms with Crippen molar-refractivity contribution >= 4 is 21.6 Å². The van der Waals surface area contributed by atoms with Gasteiger partial charge in [0.2, 0.25) is 0 Å². The van der Waals surface area contributed by atoms with Crippen LogP contribution in [0.2, 0.25) is 0 Å². The number of sulfonamides is 1. The smallest absolute Gasteiger partial charge is 0.262 e. The topological polar surface area (TPSA) is 96.5 Å². The predicted molar refractivity (Wildman–Crippen MR) is 104 cm³/mol. The average Bonchev–Trinajstić information content (AvgIpc) is 2.60. The first-order chi connectivity index (χ1) is 12.9. The number of anilines is 1. The maximum atomic E-state index is 12.8. The summed E-state index contributed by atoms with van der Waals surface area (Å²) in [5, 5.41) is 6.00. The van der Waals surface area contributed by atoms with Gasteiger partial charge in [0.1, 0.15) is 5.75 Å². The number of rotatable bonds is 7. The van der Waals surface area contributed by atoms with E-state index < -0.39 is 10.0 Å². The number of carbonyl (C=O) groups excluding carboxylic acids is 1. The highest BCUT2D eigenvalue weighted by atomic mass is 32.2. The van der Waals surface area contributed by atoms with Crippen LogP contribution >= 0.6 is 0 Å². The lowest BCUT2D eigenvalue weighted by atomic mass is 10.0. The molecule has 0 atom stereocenters. The van der Waals surface area contributed by atoms with Gasteiger partial charge in [0, 0.05) is 36.8 Å². The molecule has 1 aliphatic heterocycles. The van der Waals surface area contributed by atoms with E-state index >= 15 is 0 Å². The fourth-order valence-corrected chi connectivity index (χ4v) is 4.06. The molecule has 7 nitrogen and oxygen atoms in total. The molecule has 1 aliphatic rings. The lowest BCUT2D eigenvalue weighted by molar-refractivity contribution is 0.0942. The summed E-state index contributed by atoms with van der Waals surface area (Å²) >= 11 is 0. The Morgan fingerprint density at radius 2 is 1.89 bits per heavy atom. The van der Waals surface area contributed by atoms with Crippen LogP contribution in [0.3, 0.4) is 0 Å². The van der Waals surface area contributed by atoms with E-state index in [9.17, 15) is 13.2 Å². The average molecular weight is 389 g/mol. The first-order valence-electron chi connectivity index (χ1n) is 8.65. The molecule has 1 amide bonds. The molecule has 0 bridgehead atoms. The van der Waals surface area contributed by atoms with Gasteiger partial charge in [-0.25, -0.2) is 8.42 Å². The molecule has 0 aliphatic carbocycles. The second-order valence-corrected chi connectivity index (χ2v) is 8.20. The highest BCUT2D eigenvalue weighted by molar-refractivity contribution is 7.92. The van der Waals surface area contributed by atoms with Gasteiger partial charge in [0.15, 0.2) is 0 Å². The van der Waals surface area contributed by atoms with Crippen molar-refractivity contribution in [3.63, 3.8) is 0 Å². The molecule has 3 N–H and O–H groups in total. The molecule has 0 unspecified atom stereocenters. The molecule has 0 spiro atoms. The number of carbonyl (C=O) groups is 1. The van der Waals surface area contributed by atoms with Gasteiger partial charge >= 0.3 is 0 Å². The lowest BCUT2D eigenvalue weighted by Crippen LogP contribution is -2.48. The molecule has 2 aromatic rings. The fraction of sp³-hybridized carbons (Fsp3) is 0.316. The zero-order valence-corrected chi connectivity index (χ0v) is 16.1. The van der Waals surface area contributed by atoms with Crippen LogP contribution in [0.1, 0.15) is 15.9 Å². The van der Waals surface area contributed by atoms with Crippen LogP contribution in [-0.2, 0) is 10.0 Å². The van der Waals surface area contributed by atoms with E-state index in [1.54, 1.807) is 50.4 Å². The number of methoxy groups -OCH3 is 1. The van der Waals surface area contributed by atoms with E-state index in [2.05, 4.69) is 15.4 Å². The molecule has 144 valence electrons. The van der Waals surface area contributed by atoms with Crippen LogP contribution in [0.15, 0.2) is 47.4 Å². The SMILES string of the molecule is COc1ccc(NS(=O)(=O)c2cc(C(=O)NCC3CNC3)ccc2C)cc1. The third kappa shape index (κ3) is 4.58. The summed E-state index contributed by atoms with van der Waals surface area (Å²) in [7, 11) is -2.28. The first kappa shape index (κ1) is 19.2. The maximum absolute atomic E-state index is 12.8. The molecule has 1 heterocycles. The summed E-state index contributed by atoms with van der Waals surface area (Å²) in [6.07, 6.45) is 0. The van der Waals surface area contributed by atoms with Crippen LogP contribution in [0.25, 0.3) is 0 Å². The van der Waals surface area contributed by atoms with E-state index in [-0.39, 0.29) is 10.8 Å². The van der Waals surface area contributed by atoms with Crippen LogP contribution in [0.5, 0.6) is 5.75 Å². The van der Waals surface area contributed by atoms with Crippen molar-refractivity contribution in [2.24, 2.45) is 5.92 Å². The number of amides is 1. The van der Waals surface area contributed by atoms with Crippen LogP contribution in [0.4, 0.5) is 5.69 Å². The zero-order chi connectivity index (χ0) is 19.4. The van der Waals surface area contributed by atoms with Gasteiger partial charge in [-0.3, -0.25) is 9.52 Å². The van der Waals surface area contributed by atoms with Crippen LogP contribution in [0, 0.1) is 12.8 Å². The fourth-order valence-electron chi connectivity index (χ4n) is 2.73. The predicted octanol–water partition coefficient (Wildman–Crippen LogP) is 1.75. The largest absolute Gasteiger partial charge is 0.497 e.